The largest absolute Gasteiger partial charge is 0.432 e. The first kappa shape index (κ1) is 24.8. The quantitative estimate of drug-likeness (QED) is 0.268. The molecule has 0 radical (unpaired) electrons. The predicted molar refractivity (Wildman–Crippen MR) is 125 cm³/mol. The molecule has 0 heterocycles. The summed E-state index contributed by atoms with van der Waals surface area (Å²) in [4.78, 5) is 0. The van der Waals surface area contributed by atoms with Crippen molar-refractivity contribution in [2.24, 2.45) is 5.92 Å². The molecule has 0 amide bonds. The molecule has 3 aromatic rings. The molecule has 0 saturated heterocycles. The van der Waals surface area contributed by atoms with Crippen molar-refractivity contribution in [2.75, 3.05) is 0 Å². The molecule has 35 heavy (non-hydrogen) atoms. The highest BCUT2D eigenvalue weighted by Crippen LogP contribution is 2.39. The van der Waals surface area contributed by atoms with Gasteiger partial charge in [0.25, 0.3) is 0 Å². The zero-order valence-corrected chi connectivity index (χ0v) is 19.5. The van der Waals surface area contributed by atoms with Crippen LogP contribution in [0.15, 0.2) is 54.6 Å². The average molecular weight is 485 g/mol. The van der Waals surface area contributed by atoms with Crippen molar-refractivity contribution >= 4 is 0 Å². The lowest BCUT2D eigenvalue weighted by atomic mass is 9.79. The topological polar surface area (TPSA) is 9.23 Å². The number of hydrogen-bond donors (Lipinski definition) is 0. The smallest absolute Gasteiger partial charge is 0.429 e. The molecular formula is C29H25F5O. The van der Waals surface area contributed by atoms with Gasteiger partial charge in [-0.05, 0) is 67.5 Å². The van der Waals surface area contributed by atoms with Gasteiger partial charge in [0.2, 0.25) is 0 Å². The Morgan fingerprint density at radius 1 is 0.771 bits per heavy atom. The van der Waals surface area contributed by atoms with Gasteiger partial charge >= 0.3 is 6.11 Å². The molecule has 1 aliphatic carbocycles. The number of alkyl halides is 2. The van der Waals surface area contributed by atoms with Gasteiger partial charge in [-0.15, -0.1) is 0 Å². The lowest BCUT2D eigenvalue weighted by Gasteiger charge is -2.27. The van der Waals surface area contributed by atoms with E-state index in [1.54, 1.807) is 12.1 Å². The molecule has 0 aliphatic heterocycles. The highest BCUT2D eigenvalue weighted by molar-refractivity contribution is 5.45. The molecular weight excluding hydrogens is 459 g/mol. The van der Waals surface area contributed by atoms with Crippen molar-refractivity contribution in [1.29, 1.82) is 0 Å². The van der Waals surface area contributed by atoms with Crippen LogP contribution in [0.4, 0.5) is 22.0 Å². The van der Waals surface area contributed by atoms with Crippen molar-refractivity contribution in [2.45, 2.75) is 51.6 Å². The molecule has 4 rings (SSSR count). The third-order valence-electron chi connectivity index (χ3n) is 6.41. The molecule has 1 aliphatic rings. The Kier molecular flexibility index (Phi) is 7.16. The molecule has 6 heteroatoms. The van der Waals surface area contributed by atoms with Gasteiger partial charge in [-0.2, -0.15) is 8.78 Å². The van der Waals surface area contributed by atoms with Crippen LogP contribution >= 0.6 is 0 Å². The van der Waals surface area contributed by atoms with E-state index in [0.29, 0.717) is 17.0 Å². The SMILES string of the molecule is Cc1ccc(C#Cc2cc(F)c(C(F)(F)Oc3ccc(C4CCC(C)CC4)c(F)c3)c(F)c2)cc1. The number of hydrogen-bond acceptors (Lipinski definition) is 1. The normalized spacial score (nSPS) is 18.0. The summed E-state index contributed by atoms with van der Waals surface area (Å²) < 4.78 is 77.9. The highest BCUT2D eigenvalue weighted by atomic mass is 19.3. The van der Waals surface area contributed by atoms with Crippen LogP contribution in [0.2, 0.25) is 0 Å². The summed E-state index contributed by atoms with van der Waals surface area (Å²) in [6.07, 6.45) is -0.756. The monoisotopic (exact) mass is 484 g/mol. The Morgan fingerprint density at radius 2 is 1.37 bits per heavy atom. The Morgan fingerprint density at radius 3 is 1.97 bits per heavy atom. The number of aryl methyl sites for hydroxylation is 1. The van der Waals surface area contributed by atoms with E-state index in [9.17, 15) is 22.0 Å². The molecule has 0 spiro atoms. The van der Waals surface area contributed by atoms with E-state index < -0.39 is 34.9 Å². The molecule has 3 aromatic carbocycles. The highest BCUT2D eigenvalue weighted by Gasteiger charge is 2.41. The van der Waals surface area contributed by atoms with Gasteiger partial charge in [-0.25, -0.2) is 13.2 Å². The van der Waals surface area contributed by atoms with Crippen molar-refractivity contribution in [3.63, 3.8) is 0 Å². The molecule has 0 bridgehead atoms. The van der Waals surface area contributed by atoms with Crippen LogP contribution in [0.25, 0.3) is 0 Å². The molecule has 182 valence electrons. The second kappa shape index (κ2) is 10.1. The average Bonchev–Trinajstić information content (AvgIpc) is 2.79. The summed E-state index contributed by atoms with van der Waals surface area (Å²) in [5, 5.41) is 0. The van der Waals surface area contributed by atoms with E-state index in [-0.39, 0.29) is 11.5 Å². The Hall–Kier alpha value is -3.33. The fourth-order valence-corrected chi connectivity index (χ4v) is 4.38. The van der Waals surface area contributed by atoms with Crippen LogP contribution in [0, 0.1) is 42.1 Å². The Labute approximate surface area is 201 Å². The van der Waals surface area contributed by atoms with Crippen LogP contribution < -0.4 is 4.74 Å². The van der Waals surface area contributed by atoms with E-state index in [4.69, 9.17) is 0 Å². The first-order valence-electron chi connectivity index (χ1n) is 11.6. The fraction of sp³-hybridized carbons (Fsp3) is 0.310. The minimum Gasteiger partial charge on any atom is -0.429 e. The van der Waals surface area contributed by atoms with Gasteiger partial charge in [0.15, 0.2) is 0 Å². The second-order valence-corrected chi connectivity index (χ2v) is 9.19. The first-order valence-corrected chi connectivity index (χ1v) is 11.6. The first-order chi connectivity index (χ1) is 16.6. The number of ether oxygens (including phenoxy) is 1. The summed E-state index contributed by atoms with van der Waals surface area (Å²) in [7, 11) is 0. The third-order valence-corrected chi connectivity index (χ3v) is 6.41. The molecule has 0 unspecified atom stereocenters. The van der Waals surface area contributed by atoms with Crippen molar-refractivity contribution in [1.82, 2.24) is 0 Å². The van der Waals surface area contributed by atoms with E-state index in [0.717, 1.165) is 49.4 Å². The second-order valence-electron chi connectivity index (χ2n) is 9.19. The van der Waals surface area contributed by atoms with Crippen LogP contribution in [-0.4, -0.2) is 0 Å². The van der Waals surface area contributed by atoms with Crippen LogP contribution in [0.1, 0.15) is 66.3 Å². The van der Waals surface area contributed by atoms with Crippen LogP contribution in [0.3, 0.4) is 0 Å². The zero-order valence-electron chi connectivity index (χ0n) is 19.5. The lowest BCUT2D eigenvalue weighted by Crippen LogP contribution is -2.25. The van der Waals surface area contributed by atoms with Crippen molar-refractivity contribution in [3.8, 4) is 17.6 Å². The van der Waals surface area contributed by atoms with Crippen molar-refractivity contribution < 1.29 is 26.7 Å². The van der Waals surface area contributed by atoms with Gasteiger partial charge in [0, 0.05) is 17.2 Å². The number of rotatable bonds is 4. The van der Waals surface area contributed by atoms with Gasteiger partial charge < -0.3 is 4.74 Å². The maximum atomic E-state index is 14.8. The van der Waals surface area contributed by atoms with Gasteiger partial charge in [-0.1, -0.05) is 55.4 Å². The van der Waals surface area contributed by atoms with E-state index in [1.807, 2.05) is 19.1 Å². The molecule has 0 aromatic heterocycles. The minimum atomic E-state index is -4.36. The van der Waals surface area contributed by atoms with E-state index in [1.165, 1.54) is 12.1 Å². The van der Waals surface area contributed by atoms with Crippen LogP contribution in [0.5, 0.6) is 5.75 Å². The molecule has 1 nitrogen and oxygen atoms in total. The maximum absolute atomic E-state index is 14.8. The van der Waals surface area contributed by atoms with Gasteiger partial charge in [0.05, 0.1) is 0 Å². The number of benzene rings is 3. The van der Waals surface area contributed by atoms with E-state index in [2.05, 4.69) is 23.5 Å². The minimum absolute atomic E-state index is 0.0178. The predicted octanol–water partition coefficient (Wildman–Crippen LogP) is 8.23. The number of halogens is 5. The summed E-state index contributed by atoms with van der Waals surface area (Å²) >= 11 is 0. The zero-order chi connectivity index (χ0) is 25.2. The molecule has 0 N–H and O–H groups in total. The lowest BCUT2D eigenvalue weighted by molar-refractivity contribution is -0.189. The molecule has 1 saturated carbocycles. The van der Waals surface area contributed by atoms with Crippen molar-refractivity contribution in [3.05, 3.63) is 99.9 Å². The van der Waals surface area contributed by atoms with Gasteiger partial charge in [0.1, 0.15) is 28.8 Å². The summed E-state index contributed by atoms with van der Waals surface area (Å²) in [5.41, 5.74) is 0.433. The molecule has 1 fully saturated rings. The summed E-state index contributed by atoms with van der Waals surface area (Å²) in [6.45, 7) is 4.05. The summed E-state index contributed by atoms with van der Waals surface area (Å²) in [6, 6.07) is 12.1. The van der Waals surface area contributed by atoms with Gasteiger partial charge in [-0.3, -0.25) is 0 Å². The van der Waals surface area contributed by atoms with E-state index >= 15 is 0 Å². The molecule has 0 atom stereocenters. The standard InChI is InChI=1S/C29H25F5O/c1-18-3-7-20(8-4-18)9-10-21-15-26(31)28(27(32)16-21)29(33,34)35-23-13-14-24(25(30)17-23)22-11-5-19(2)6-12-22/h3-4,7-8,13-17,19,22H,5-6,11-12H2,1-2H3. The summed E-state index contributed by atoms with van der Waals surface area (Å²) in [5.74, 6) is 1.73. The fourth-order valence-electron chi connectivity index (χ4n) is 4.38. The van der Waals surface area contributed by atoms with Crippen LogP contribution in [-0.2, 0) is 6.11 Å². The Bertz CT molecular complexity index is 1240. The Balaban J connectivity index is 1.53. The third kappa shape index (κ3) is 5.85. The maximum Gasteiger partial charge on any atom is 0.432 e.